The molecular weight excluding hydrogens is 284 g/mol. The van der Waals surface area contributed by atoms with Crippen molar-refractivity contribution < 1.29 is 0 Å². The zero-order valence-electron chi connectivity index (χ0n) is 13.5. The van der Waals surface area contributed by atoms with Crippen LogP contribution in [0.4, 0.5) is 0 Å². The summed E-state index contributed by atoms with van der Waals surface area (Å²) in [4.78, 5) is 7.02. The van der Waals surface area contributed by atoms with E-state index in [2.05, 4.69) is 51.4 Å². The van der Waals surface area contributed by atoms with Crippen LogP contribution >= 0.6 is 0 Å². The highest BCUT2D eigenvalue weighted by molar-refractivity contribution is 5.81. The molecule has 4 heteroatoms. The fourth-order valence-electron chi connectivity index (χ4n) is 3.65. The number of benzene rings is 1. The third-order valence-corrected chi connectivity index (χ3v) is 4.93. The lowest BCUT2D eigenvalue weighted by atomic mass is 9.96. The molecule has 23 heavy (non-hydrogen) atoms. The molecule has 0 N–H and O–H groups in total. The maximum absolute atomic E-state index is 4.47. The zero-order chi connectivity index (χ0) is 15.6. The van der Waals surface area contributed by atoms with Gasteiger partial charge >= 0.3 is 0 Å². The van der Waals surface area contributed by atoms with Crippen molar-refractivity contribution in [3.05, 3.63) is 60.0 Å². The third-order valence-electron chi connectivity index (χ3n) is 4.93. The van der Waals surface area contributed by atoms with Crippen molar-refractivity contribution in [3.8, 4) is 0 Å². The maximum atomic E-state index is 4.47. The lowest BCUT2D eigenvalue weighted by Crippen LogP contribution is -2.22. The van der Waals surface area contributed by atoms with Crippen LogP contribution < -0.4 is 0 Å². The normalized spacial score (nSPS) is 18.7. The molecule has 1 aliphatic heterocycles. The quantitative estimate of drug-likeness (QED) is 0.743. The van der Waals surface area contributed by atoms with Gasteiger partial charge in [0.05, 0.1) is 11.2 Å². The number of hydrogen-bond acceptors (Lipinski definition) is 3. The highest BCUT2D eigenvalue weighted by atomic mass is 15.3. The van der Waals surface area contributed by atoms with Crippen LogP contribution in [0.5, 0.6) is 0 Å². The monoisotopic (exact) mass is 306 g/mol. The lowest BCUT2D eigenvalue weighted by molar-refractivity contribution is 0.307. The van der Waals surface area contributed by atoms with Gasteiger partial charge in [0.2, 0.25) is 0 Å². The standard InChI is InChI=1S/C19H22N4/c1-22-17(7-10-21-22)14-23-11-8-15(13-23)12-16-6-9-20-19-5-3-2-4-18(16)19/h2-7,9-10,15H,8,11-14H2,1H3/t15-/m0/s1. The molecule has 1 aromatic carbocycles. The molecule has 3 heterocycles. The summed E-state index contributed by atoms with van der Waals surface area (Å²) in [7, 11) is 2.02. The number of fused-ring (bicyclic) bond motifs is 1. The van der Waals surface area contributed by atoms with Crippen molar-refractivity contribution in [2.24, 2.45) is 13.0 Å². The summed E-state index contributed by atoms with van der Waals surface area (Å²) in [6.45, 7) is 3.35. The number of aryl methyl sites for hydroxylation is 1. The van der Waals surface area contributed by atoms with Gasteiger partial charge in [-0.25, -0.2) is 0 Å². The van der Waals surface area contributed by atoms with E-state index in [0.29, 0.717) is 0 Å². The van der Waals surface area contributed by atoms with Gasteiger partial charge in [-0.05, 0) is 49.1 Å². The van der Waals surface area contributed by atoms with Crippen molar-refractivity contribution in [1.82, 2.24) is 19.7 Å². The SMILES string of the molecule is Cn1nccc1CN1CC[C@@H](Cc2ccnc3ccccc23)C1. The molecule has 1 aliphatic rings. The molecule has 4 nitrogen and oxygen atoms in total. The predicted octanol–water partition coefficient (Wildman–Crippen LogP) is 3.03. The largest absolute Gasteiger partial charge is 0.297 e. The molecule has 0 radical (unpaired) electrons. The molecule has 0 aliphatic carbocycles. The number of likely N-dealkylation sites (tertiary alicyclic amines) is 1. The first kappa shape index (κ1) is 14.4. The Kier molecular flexibility index (Phi) is 3.83. The Morgan fingerprint density at radius 1 is 1.13 bits per heavy atom. The molecule has 0 unspecified atom stereocenters. The van der Waals surface area contributed by atoms with Crippen LogP contribution in [0.15, 0.2) is 48.8 Å². The van der Waals surface area contributed by atoms with E-state index in [4.69, 9.17) is 0 Å². The molecule has 1 saturated heterocycles. The lowest BCUT2D eigenvalue weighted by Gasteiger charge is -2.16. The highest BCUT2D eigenvalue weighted by Gasteiger charge is 2.23. The van der Waals surface area contributed by atoms with E-state index in [1.54, 1.807) is 0 Å². The van der Waals surface area contributed by atoms with Crippen LogP contribution in [-0.4, -0.2) is 32.8 Å². The average molecular weight is 306 g/mol. The van der Waals surface area contributed by atoms with Crippen LogP contribution in [0.3, 0.4) is 0 Å². The third kappa shape index (κ3) is 2.99. The van der Waals surface area contributed by atoms with Gasteiger partial charge in [0.1, 0.15) is 0 Å². The van der Waals surface area contributed by atoms with Crippen LogP contribution in [0.25, 0.3) is 10.9 Å². The zero-order valence-corrected chi connectivity index (χ0v) is 13.5. The maximum Gasteiger partial charge on any atom is 0.0704 e. The van der Waals surface area contributed by atoms with E-state index in [1.807, 2.05) is 24.1 Å². The number of aromatic nitrogens is 3. The molecule has 4 rings (SSSR count). The van der Waals surface area contributed by atoms with Gasteiger partial charge in [-0.15, -0.1) is 0 Å². The number of para-hydroxylation sites is 1. The van der Waals surface area contributed by atoms with Gasteiger partial charge in [-0.1, -0.05) is 18.2 Å². The molecule has 3 aromatic rings. The van der Waals surface area contributed by atoms with Crippen LogP contribution in [-0.2, 0) is 20.0 Å². The van der Waals surface area contributed by atoms with Gasteiger partial charge in [0.25, 0.3) is 0 Å². The molecule has 0 amide bonds. The second-order valence-corrected chi connectivity index (χ2v) is 6.53. The van der Waals surface area contributed by atoms with Gasteiger partial charge in [-0.2, -0.15) is 5.10 Å². The van der Waals surface area contributed by atoms with E-state index < -0.39 is 0 Å². The van der Waals surface area contributed by atoms with E-state index in [9.17, 15) is 0 Å². The first-order valence-electron chi connectivity index (χ1n) is 8.31. The molecule has 1 atom stereocenters. The summed E-state index contributed by atoms with van der Waals surface area (Å²) in [5.41, 5.74) is 3.83. The summed E-state index contributed by atoms with van der Waals surface area (Å²) in [6, 6.07) is 12.8. The van der Waals surface area contributed by atoms with Gasteiger partial charge in [0.15, 0.2) is 0 Å². The Morgan fingerprint density at radius 3 is 2.91 bits per heavy atom. The average Bonchev–Trinajstić information content (AvgIpc) is 3.18. The minimum Gasteiger partial charge on any atom is -0.297 e. The summed E-state index contributed by atoms with van der Waals surface area (Å²) in [5.74, 6) is 0.731. The van der Waals surface area contributed by atoms with E-state index in [-0.39, 0.29) is 0 Å². The Balaban J connectivity index is 1.45. The molecule has 0 saturated carbocycles. The minimum atomic E-state index is 0.731. The van der Waals surface area contributed by atoms with Crippen molar-refractivity contribution in [3.63, 3.8) is 0 Å². The predicted molar refractivity (Wildman–Crippen MR) is 92.0 cm³/mol. The van der Waals surface area contributed by atoms with Crippen molar-refractivity contribution in [2.45, 2.75) is 19.4 Å². The Hall–Kier alpha value is -2.20. The number of pyridine rings is 1. The summed E-state index contributed by atoms with van der Waals surface area (Å²) in [6.07, 6.45) is 6.24. The fourth-order valence-corrected chi connectivity index (χ4v) is 3.65. The Morgan fingerprint density at radius 2 is 2.04 bits per heavy atom. The first-order chi connectivity index (χ1) is 11.3. The highest BCUT2D eigenvalue weighted by Crippen LogP contribution is 2.25. The van der Waals surface area contributed by atoms with E-state index in [0.717, 1.165) is 24.4 Å². The van der Waals surface area contributed by atoms with Gasteiger partial charge in [-0.3, -0.25) is 14.6 Å². The van der Waals surface area contributed by atoms with E-state index in [1.165, 1.54) is 36.2 Å². The Labute approximate surface area is 136 Å². The second kappa shape index (κ2) is 6.13. The van der Waals surface area contributed by atoms with Crippen molar-refractivity contribution in [2.75, 3.05) is 13.1 Å². The molecule has 0 spiro atoms. The molecule has 2 aromatic heterocycles. The topological polar surface area (TPSA) is 34.0 Å². The summed E-state index contributed by atoms with van der Waals surface area (Å²) in [5, 5.41) is 5.57. The van der Waals surface area contributed by atoms with Gasteiger partial charge in [0, 0.05) is 37.9 Å². The second-order valence-electron chi connectivity index (χ2n) is 6.53. The summed E-state index contributed by atoms with van der Waals surface area (Å²) >= 11 is 0. The first-order valence-corrected chi connectivity index (χ1v) is 8.31. The van der Waals surface area contributed by atoms with Crippen molar-refractivity contribution >= 4 is 10.9 Å². The van der Waals surface area contributed by atoms with Crippen LogP contribution in [0, 0.1) is 5.92 Å². The molecule has 0 bridgehead atoms. The fraction of sp³-hybridized carbons (Fsp3) is 0.368. The van der Waals surface area contributed by atoms with Gasteiger partial charge < -0.3 is 0 Å². The smallest absolute Gasteiger partial charge is 0.0704 e. The molecule has 1 fully saturated rings. The van der Waals surface area contributed by atoms with Crippen LogP contribution in [0.2, 0.25) is 0 Å². The van der Waals surface area contributed by atoms with Crippen LogP contribution in [0.1, 0.15) is 17.7 Å². The molecular formula is C19H22N4. The van der Waals surface area contributed by atoms with Crippen molar-refractivity contribution in [1.29, 1.82) is 0 Å². The number of rotatable bonds is 4. The molecule has 118 valence electrons. The number of nitrogens with zero attached hydrogens (tertiary/aromatic N) is 4. The number of hydrogen-bond donors (Lipinski definition) is 0. The van der Waals surface area contributed by atoms with E-state index >= 15 is 0 Å². The minimum absolute atomic E-state index is 0.731. The summed E-state index contributed by atoms with van der Waals surface area (Å²) < 4.78 is 1.98. The Bertz CT molecular complexity index is 802.